The second kappa shape index (κ2) is 9.32. The van der Waals surface area contributed by atoms with Crippen LogP contribution in [0.15, 0.2) is 60.8 Å². The molecule has 2 unspecified atom stereocenters. The lowest BCUT2D eigenvalue weighted by molar-refractivity contribution is -2.00. The summed E-state index contributed by atoms with van der Waals surface area (Å²) in [7, 11) is -4.94. The van der Waals surface area contributed by atoms with E-state index in [1.165, 1.54) is 47.9 Å². The zero-order valence-electron chi connectivity index (χ0n) is 15.3. The average Bonchev–Trinajstić information content (AvgIpc) is 2.90. The van der Waals surface area contributed by atoms with Gasteiger partial charge in [-0.25, -0.2) is 23.6 Å². The zero-order chi connectivity index (χ0) is 20.0. The number of rotatable bonds is 2. The Labute approximate surface area is 166 Å². The van der Waals surface area contributed by atoms with Crippen LogP contribution in [0.5, 0.6) is 0 Å². The summed E-state index contributed by atoms with van der Waals surface area (Å²) in [5, 5.41) is 3.62. The largest absolute Gasteiger partial charge is 0.381 e. The molecule has 2 N–H and O–H groups in total. The van der Waals surface area contributed by atoms with Crippen molar-refractivity contribution in [3.63, 3.8) is 0 Å². The number of halogens is 1. The smallest absolute Gasteiger partial charge is 0.171 e. The van der Waals surface area contributed by atoms with E-state index in [0.29, 0.717) is 12.1 Å². The highest BCUT2D eigenvalue weighted by Crippen LogP contribution is 2.22. The molecule has 2 aliphatic rings. The van der Waals surface area contributed by atoms with Crippen LogP contribution in [-0.4, -0.2) is 18.3 Å². The second-order valence-corrected chi connectivity index (χ2v) is 7.65. The summed E-state index contributed by atoms with van der Waals surface area (Å²) in [5.74, 6) is 0. The van der Waals surface area contributed by atoms with E-state index in [0.717, 1.165) is 0 Å². The summed E-state index contributed by atoms with van der Waals surface area (Å²) < 4.78 is 34.0. The van der Waals surface area contributed by atoms with Gasteiger partial charge in [-0.1, -0.05) is 61.0 Å². The minimum atomic E-state index is -4.94. The van der Waals surface area contributed by atoms with Gasteiger partial charge in [-0.05, 0) is 29.5 Å². The third kappa shape index (κ3) is 6.15. The fourth-order valence-corrected chi connectivity index (χ4v) is 3.62. The van der Waals surface area contributed by atoms with E-state index in [1.807, 2.05) is 0 Å². The highest BCUT2D eigenvalue weighted by Gasteiger charge is 2.29. The van der Waals surface area contributed by atoms with Crippen LogP contribution in [0.4, 0.5) is 0 Å². The number of nitrogens with one attached hydrogen (secondary N) is 2. The summed E-state index contributed by atoms with van der Waals surface area (Å²) in [6.07, 6.45) is 9.57. The molecule has 0 spiro atoms. The number of fused-ring (bicyclic) bond motifs is 1. The van der Waals surface area contributed by atoms with E-state index in [4.69, 9.17) is 18.6 Å². The van der Waals surface area contributed by atoms with Crippen LogP contribution < -0.4 is 28.9 Å². The van der Waals surface area contributed by atoms with Crippen molar-refractivity contribution in [2.24, 2.45) is 0 Å². The molecule has 1 fully saturated rings. The molecule has 0 aromatic heterocycles. The van der Waals surface area contributed by atoms with E-state index in [-0.39, 0.29) is 0 Å². The van der Waals surface area contributed by atoms with Gasteiger partial charge in [0.25, 0.3) is 0 Å². The van der Waals surface area contributed by atoms with E-state index in [1.54, 1.807) is 0 Å². The number of benzene rings is 2. The highest BCUT2D eigenvalue weighted by molar-refractivity contribution is 6.07. The van der Waals surface area contributed by atoms with Gasteiger partial charge in [-0.2, -0.15) is 0 Å². The maximum absolute atomic E-state index is 8.49. The van der Waals surface area contributed by atoms with Crippen LogP contribution in [0.1, 0.15) is 31.2 Å². The number of hydrogen-bond donors (Lipinski definition) is 2. The predicted molar refractivity (Wildman–Crippen MR) is 96.1 cm³/mol. The van der Waals surface area contributed by atoms with Gasteiger partial charge in [0.1, 0.15) is 0 Å². The van der Waals surface area contributed by atoms with Crippen molar-refractivity contribution >= 4 is 11.8 Å². The fraction of sp³-hybridized carbons (Fsp3) is 0.286. The van der Waals surface area contributed by atoms with E-state index in [2.05, 4.69) is 77.3 Å². The zero-order valence-corrected chi connectivity index (χ0v) is 16.1. The Bertz CT molecular complexity index is 811. The van der Waals surface area contributed by atoms with Gasteiger partial charge in [0.05, 0.1) is 11.6 Å². The first-order valence-corrected chi connectivity index (χ1v) is 10.5. The van der Waals surface area contributed by atoms with Gasteiger partial charge in [-0.3, -0.25) is 0 Å². The Balaban J connectivity index is 0.000000403. The standard InChI is InChI=1S/C21H22N2.ClHO4/c1-2-6-16(7-3-1)17-10-12-18(13-11-17)19-14-22-20-8-4-5-9-21(20)23-15-19;2-1(3,4)5/h1-3,6-7,10-15,20-22H,4-5,8-9H2;(H,2,3,4,5). The van der Waals surface area contributed by atoms with Crippen molar-refractivity contribution in [2.45, 2.75) is 37.8 Å². The lowest BCUT2D eigenvalue weighted by Gasteiger charge is -2.24. The molecule has 1 aliphatic heterocycles. The van der Waals surface area contributed by atoms with Crippen LogP contribution in [-0.2, 0) is 0 Å². The molecule has 1 saturated carbocycles. The molecule has 28 heavy (non-hydrogen) atoms. The molecule has 7 heteroatoms. The number of allylic oxidation sites excluding steroid dienone is 1. The first-order valence-electron chi connectivity index (χ1n) is 9.23. The maximum Gasteiger partial charge on any atom is 0.171 e. The first kappa shape index (κ1) is 20.5. The first-order chi connectivity index (χ1) is 13.4. The molecular formula is C21H23ClN2O4. The molecule has 2 aromatic rings. The highest BCUT2D eigenvalue weighted by atomic mass is 35.7. The van der Waals surface area contributed by atoms with Crippen molar-refractivity contribution in [1.82, 2.24) is 5.32 Å². The summed E-state index contributed by atoms with van der Waals surface area (Å²) >= 11 is 0. The van der Waals surface area contributed by atoms with Gasteiger partial charge in [-0.15, -0.1) is 10.2 Å². The van der Waals surface area contributed by atoms with Crippen molar-refractivity contribution in [3.8, 4) is 11.1 Å². The van der Waals surface area contributed by atoms with E-state index in [9.17, 15) is 0 Å². The molecule has 4 rings (SSSR count). The normalized spacial score (nSPS) is 21.4. The van der Waals surface area contributed by atoms with Crippen LogP contribution in [0.3, 0.4) is 0 Å². The minimum absolute atomic E-state index is 0.570. The molecule has 2 atom stereocenters. The molecular weight excluding hydrogens is 380 g/mol. The van der Waals surface area contributed by atoms with Crippen molar-refractivity contribution in [1.29, 1.82) is 0 Å². The predicted octanol–water partition coefficient (Wildman–Crippen LogP) is -2.00. The van der Waals surface area contributed by atoms with Crippen LogP contribution in [0, 0.1) is 10.2 Å². The second-order valence-electron chi connectivity index (χ2n) is 6.90. The molecule has 0 saturated heterocycles. The summed E-state index contributed by atoms with van der Waals surface area (Å²) in [5.41, 5.74) is 5.01. The lowest BCUT2D eigenvalue weighted by Crippen LogP contribution is -2.81. The monoisotopic (exact) mass is 402 g/mol. The van der Waals surface area contributed by atoms with Gasteiger partial charge in [0.15, 0.2) is 12.3 Å². The molecule has 0 radical (unpaired) electrons. The fourth-order valence-electron chi connectivity index (χ4n) is 3.62. The molecule has 0 amide bonds. The van der Waals surface area contributed by atoms with Crippen LogP contribution in [0.2, 0.25) is 0 Å². The van der Waals surface area contributed by atoms with Gasteiger partial charge in [0.2, 0.25) is 0 Å². The Kier molecular flexibility index (Phi) is 6.83. The minimum Gasteiger partial charge on any atom is -0.381 e. The Hall–Kier alpha value is -2.22. The molecule has 0 bridgehead atoms. The van der Waals surface area contributed by atoms with Gasteiger partial charge in [0, 0.05) is 12.6 Å². The lowest BCUT2D eigenvalue weighted by atomic mass is 9.91. The Morgan fingerprint density at radius 2 is 1.36 bits per heavy atom. The maximum atomic E-state index is 8.49. The van der Waals surface area contributed by atoms with Crippen molar-refractivity contribution in [3.05, 3.63) is 66.4 Å². The molecule has 148 valence electrons. The quantitative estimate of drug-likeness (QED) is 0.602. The molecule has 1 heterocycles. The van der Waals surface area contributed by atoms with Crippen LogP contribution in [0.25, 0.3) is 16.7 Å². The van der Waals surface area contributed by atoms with Gasteiger partial charge < -0.3 is 5.32 Å². The van der Waals surface area contributed by atoms with Gasteiger partial charge >= 0.3 is 0 Å². The topological polar surface area (TPSA) is 118 Å². The molecule has 1 aliphatic carbocycles. The summed E-state index contributed by atoms with van der Waals surface area (Å²) in [6.45, 7) is 0. The average molecular weight is 403 g/mol. The summed E-state index contributed by atoms with van der Waals surface area (Å²) in [4.78, 5) is 3.62. The third-order valence-corrected chi connectivity index (χ3v) is 5.00. The van der Waals surface area contributed by atoms with E-state index >= 15 is 0 Å². The Morgan fingerprint density at radius 1 is 0.786 bits per heavy atom. The molecule has 2 aromatic carbocycles. The summed E-state index contributed by atoms with van der Waals surface area (Å²) in [6, 6.07) is 20.5. The van der Waals surface area contributed by atoms with Crippen molar-refractivity contribution < 1.29 is 33.9 Å². The van der Waals surface area contributed by atoms with Crippen molar-refractivity contribution in [2.75, 3.05) is 0 Å². The van der Waals surface area contributed by atoms with Crippen LogP contribution >= 0.6 is 0 Å². The third-order valence-electron chi connectivity index (χ3n) is 5.00. The SMILES string of the molecule is C1=[NH+]C2CCCCC2NC=C1c1ccc(-c2ccccc2)cc1.[O-][Cl+3]([O-])([O-])[O-]. The van der Waals surface area contributed by atoms with E-state index < -0.39 is 10.2 Å². The molecule has 6 nitrogen and oxygen atoms in total. The number of hydrogen-bond acceptors (Lipinski definition) is 5. The Morgan fingerprint density at radius 3 is 2.04 bits per heavy atom.